The summed E-state index contributed by atoms with van der Waals surface area (Å²) < 4.78 is 15.4. The van der Waals surface area contributed by atoms with Gasteiger partial charge in [-0.3, -0.25) is 4.99 Å². The lowest BCUT2D eigenvalue weighted by Gasteiger charge is -2.11. The first-order chi connectivity index (χ1) is 12.2. The lowest BCUT2D eigenvalue weighted by Crippen LogP contribution is -2.38. The number of fused-ring (bicyclic) bond motifs is 1. The van der Waals surface area contributed by atoms with Crippen LogP contribution in [0.4, 0.5) is 4.39 Å². The monoisotopic (exact) mass is 471 g/mol. The van der Waals surface area contributed by atoms with Gasteiger partial charge in [0.2, 0.25) is 0 Å². The Kier molecular flexibility index (Phi) is 7.37. The third kappa shape index (κ3) is 4.71. The molecule has 0 saturated carbocycles. The average Bonchev–Trinajstić information content (AvgIpc) is 3.24. The standard InChI is InChI=1S/C17H22FN7.HI/c1-3-25-11-23-24-16(25)10-22-17(19-2)20-7-6-12-9-21-15-5-4-13(18)8-14(12)15;/h4-5,8-9,11,21H,3,6-7,10H2,1-2H3,(H2,19,20,22);1H. The second-order valence-electron chi connectivity index (χ2n) is 5.64. The quantitative estimate of drug-likeness (QED) is 0.293. The smallest absolute Gasteiger partial charge is 0.191 e. The molecule has 0 aliphatic heterocycles. The second-order valence-corrected chi connectivity index (χ2v) is 5.64. The maximum Gasteiger partial charge on any atom is 0.191 e. The van der Waals surface area contributed by atoms with Gasteiger partial charge in [0.15, 0.2) is 11.8 Å². The number of nitrogens with zero attached hydrogens (tertiary/aromatic N) is 4. The van der Waals surface area contributed by atoms with Crippen molar-refractivity contribution in [2.24, 2.45) is 4.99 Å². The normalized spacial score (nSPS) is 11.4. The molecular formula is C17H23FIN7. The Balaban J connectivity index is 0.00000243. The summed E-state index contributed by atoms with van der Waals surface area (Å²) in [6.45, 7) is 4.10. The van der Waals surface area contributed by atoms with Gasteiger partial charge in [0.05, 0.1) is 6.54 Å². The molecule has 3 N–H and O–H groups in total. The summed E-state index contributed by atoms with van der Waals surface area (Å²) in [5, 5.41) is 15.4. The van der Waals surface area contributed by atoms with E-state index in [1.165, 1.54) is 6.07 Å². The largest absolute Gasteiger partial charge is 0.361 e. The van der Waals surface area contributed by atoms with Gasteiger partial charge in [-0.1, -0.05) is 0 Å². The fourth-order valence-electron chi connectivity index (χ4n) is 2.74. The maximum absolute atomic E-state index is 13.4. The zero-order valence-corrected chi connectivity index (χ0v) is 17.1. The molecule has 0 unspecified atom stereocenters. The van der Waals surface area contributed by atoms with Crippen LogP contribution in [0.5, 0.6) is 0 Å². The molecule has 140 valence electrons. The summed E-state index contributed by atoms with van der Waals surface area (Å²) in [7, 11) is 1.72. The number of aliphatic imine (C=N–C) groups is 1. The van der Waals surface area contributed by atoms with Crippen molar-refractivity contribution >= 4 is 40.8 Å². The highest BCUT2D eigenvalue weighted by Crippen LogP contribution is 2.19. The van der Waals surface area contributed by atoms with Gasteiger partial charge >= 0.3 is 0 Å². The van der Waals surface area contributed by atoms with E-state index in [4.69, 9.17) is 0 Å². The van der Waals surface area contributed by atoms with Crippen LogP contribution in [0, 0.1) is 5.82 Å². The number of hydrogen-bond acceptors (Lipinski definition) is 3. The van der Waals surface area contributed by atoms with Crippen molar-refractivity contribution in [1.82, 2.24) is 30.4 Å². The Morgan fingerprint density at radius 1 is 1.35 bits per heavy atom. The van der Waals surface area contributed by atoms with Gasteiger partial charge in [0, 0.05) is 37.2 Å². The number of H-pyrrole nitrogens is 1. The highest BCUT2D eigenvalue weighted by atomic mass is 127. The van der Waals surface area contributed by atoms with E-state index in [0.717, 1.165) is 35.3 Å². The molecule has 0 atom stereocenters. The Morgan fingerprint density at radius 2 is 2.19 bits per heavy atom. The number of aromatic amines is 1. The zero-order chi connectivity index (χ0) is 17.6. The zero-order valence-electron chi connectivity index (χ0n) is 14.8. The topological polar surface area (TPSA) is 82.9 Å². The van der Waals surface area contributed by atoms with Crippen LogP contribution in [-0.2, 0) is 19.5 Å². The van der Waals surface area contributed by atoms with Crippen LogP contribution in [0.15, 0.2) is 35.7 Å². The van der Waals surface area contributed by atoms with Crippen molar-refractivity contribution in [3.63, 3.8) is 0 Å². The van der Waals surface area contributed by atoms with Gasteiger partial charge in [-0.15, -0.1) is 34.2 Å². The molecule has 26 heavy (non-hydrogen) atoms. The summed E-state index contributed by atoms with van der Waals surface area (Å²) >= 11 is 0. The third-order valence-corrected chi connectivity index (χ3v) is 4.09. The summed E-state index contributed by atoms with van der Waals surface area (Å²) in [4.78, 5) is 7.37. The molecule has 0 amide bonds. The fourth-order valence-corrected chi connectivity index (χ4v) is 2.74. The Morgan fingerprint density at radius 3 is 2.96 bits per heavy atom. The predicted molar refractivity (Wildman–Crippen MR) is 111 cm³/mol. The first kappa shape index (κ1) is 20.1. The molecule has 0 radical (unpaired) electrons. The molecule has 0 bridgehead atoms. The van der Waals surface area contributed by atoms with Gasteiger partial charge in [-0.2, -0.15) is 0 Å². The number of benzene rings is 1. The van der Waals surface area contributed by atoms with Crippen molar-refractivity contribution in [1.29, 1.82) is 0 Å². The van der Waals surface area contributed by atoms with Crippen molar-refractivity contribution in [3.8, 4) is 0 Å². The fraction of sp³-hybridized carbons (Fsp3) is 0.353. The molecule has 0 aliphatic rings. The summed E-state index contributed by atoms with van der Waals surface area (Å²) in [5.74, 6) is 1.33. The molecule has 0 spiro atoms. The number of aromatic nitrogens is 4. The molecule has 2 aromatic heterocycles. The van der Waals surface area contributed by atoms with Crippen LogP contribution < -0.4 is 10.6 Å². The van der Waals surface area contributed by atoms with E-state index < -0.39 is 0 Å². The average molecular weight is 471 g/mol. The lowest BCUT2D eigenvalue weighted by atomic mass is 10.1. The second kappa shape index (κ2) is 9.51. The number of guanidine groups is 1. The minimum absolute atomic E-state index is 0. The molecular weight excluding hydrogens is 448 g/mol. The molecule has 0 aliphatic carbocycles. The number of halogens is 2. The predicted octanol–water partition coefficient (Wildman–Crippen LogP) is 2.44. The number of aryl methyl sites for hydroxylation is 1. The number of rotatable bonds is 6. The van der Waals surface area contributed by atoms with E-state index in [2.05, 4.69) is 30.8 Å². The lowest BCUT2D eigenvalue weighted by molar-refractivity contribution is 0.629. The van der Waals surface area contributed by atoms with Crippen molar-refractivity contribution in [2.45, 2.75) is 26.4 Å². The molecule has 3 aromatic rings. The van der Waals surface area contributed by atoms with Crippen molar-refractivity contribution in [3.05, 3.63) is 47.9 Å². The molecule has 0 fully saturated rings. The first-order valence-electron chi connectivity index (χ1n) is 8.28. The van der Waals surface area contributed by atoms with Crippen LogP contribution in [0.3, 0.4) is 0 Å². The summed E-state index contributed by atoms with van der Waals surface area (Å²) in [6.07, 6.45) is 4.39. The molecule has 9 heteroatoms. The highest BCUT2D eigenvalue weighted by Gasteiger charge is 2.07. The van der Waals surface area contributed by atoms with E-state index in [-0.39, 0.29) is 29.8 Å². The number of nitrogens with one attached hydrogen (secondary N) is 3. The van der Waals surface area contributed by atoms with Crippen LogP contribution in [-0.4, -0.2) is 39.3 Å². The van der Waals surface area contributed by atoms with E-state index in [0.29, 0.717) is 19.0 Å². The van der Waals surface area contributed by atoms with E-state index in [9.17, 15) is 4.39 Å². The van der Waals surface area contributed by atoms with Crippen LogP contribution in [0.1, 0.15) is 18.3 Å². The summed E-state index contributed by atoms with van der Waals surface area (Å²) in [6, 6.07) is 4.78. The molecule has 7 nitrogen and oxygen atoms in total. The first-order valence-corrected chi connectivity index (χ1v) is 8.28. The Bertz CT molecular complexity index is 871. The minimum atomic E-state index is -0.223. The Labute approximate surface area is 168 Å². The SMILES string of the molecule is CCn1cnnc1CNC(=NC)NCCc1c[nH]c2ccc(F)cc12.I. The minimum Gasteiger partial charge on any atom is -0.361 e. The number of hydrogen-bond donors (Lipinski definition) is 3. The highest BCUT2D eigenvalue weighted by molar-refractivity contribution is 14.0. The van der Waals surface area contributed by atoms with Gasteiger partial charge in [-0.25, -0.2) is 4.39 Å². The van der Waals surface area contributed by atoms with Gasteiger partial charge in [-0.05, 0) is 37.1 Å². The molecule has 0 saturated heterocycles. The van der Waals surface area contributed by atoms with Crippen molar-refractivity contribution in [2.75, 3.05) is 13.6 Å². The maximum atomic E-state index is 13.4. The molecule has 3 rings (SSSR count). The van der Waals surface area contributed by atoms with Crippen LogP contribution in [0.25, 0.3) is 10.9 Å². The van der Waals surface area contributed by atoms with Gasteiger partial charge in [0.25, 0.3) is 0 Å². The molecule has 1 aromatic carbocycles. The molecule has 2 heterocycles. The van der Waals surface area contributed by atoms with Gasteiger partial charge < -0.3 is 20.2 Å². The van der Waals surface area contributed by atoms with Crippen LogP contribution in [0.2, 0.25) is 0 Å². The van der Waals surface area contributed by atoms with Gasteiger partial charge in [0.1, 0.15) is 12.1 Å². The van der Waals surface area contributed by atoms with Crippen molar-refractivity contribution < 1.29 is 4.39 Å². The Hall–Kier alpha value is -2.17. The van der Waals surface area contributed by atoms with E-state index >= 15 is 0 Å². The third-order valence-electron chi connectivity index (χ3n) is 4.09. The van der Waals surface area contributed by atoms with Crippen LogP contribution >= 0.6 is 24.0 Å². The summed E-state index contributed by atoms with van der Waals surface area (Å²) in [5.41, 5.74) is 2.01. The van der Waals surface area contributed by atoms with E-state index in [1.807, 2.05) is 17.7 Å². The van der Waals surface area contributed by atoms with E-state index in [1.54, 1.807) is 25.5 Å².